The van der Waals surface area contributed by atoms with Gasteiger partial charge < -0.3 is 15.0 Å². The monoisotopic (exact) mass is 450 g/mol. The lowest BCUT2D eigenvalue weighted by Gasteiger charge is -2.19. The number of benzene rings is 3. The molecular formula is C24H22N2O5S. The van der Waals surface area contributed by atoms with E-state index in [4.69, 9.17) is 4.74 Å². The van der Waals surface area contributed by atoms with Crippen LogP contribution in [0.4, 0.5) is 11.4 Å². The van der Waals surface area contributed by atoms with Crippen molar-refractivity contribution in [1.29, 1.82) is 0 Å². The minimum atomic E-state index is -3.56. The van der Waals surface area contributed by atoms with E-state index in [1.807, 2.05) is 25.1 Å². The van der Waals surface area contributed by atoms with Crippen LogP contribution in [-0.4, -0.2) is 32.5 Å². The molecule has 32 heavy (non-hydrogen) atoms. The van der Waals surface area contributed by atoms with Crippen LogP contribution in [0.2, 0.25) is 0 Å². The molecule has 1 aliphatic rings. The van der Waals surface area contributed by atoms with Gasteiger partial charge in [-0.2, -0.15) is 0 Å². The predicted octanol–water partition coefficient (Wildman–Crippen LogP) is 4.26. The zero-order valence-electron chi connectivity index (χ0n) is 17.4. The van der Waals surface area contributed by atoms with Gasteiger partial charge in [0.25, 0.3) is 5.91 Å². The van der Waals surface area contributed by atoms with Gasteiger partial charge in [-0.15, -0.1) is 0 Å². The van der Waals surface area contributed by atoms with E-state index in [2.05, 4.69) is 5.32 Å². The van der Waals surface area contributed by atoms with Crippen LogP contribution in [0.1, 0.15) is 23.7 Å². The van der Waals surface area contributed by atoms with Crippen LogP contribution >= 0.6 is 0 Å². The molecule has 4 rings (SSSR count). The Bertz CT molecular complexity index is 1270. The first-order valence-corrected chi connectivity index (χ1v) is 11.8. The van der Waals surface area contributed by atoms with Crippen molar-refractivity contribution >= 4 is 33.0 Å². The molecular weight excluding hydrogens is 428 g/mol. The van der Waals surface area contributed by atoms with Crippen LogP contribution in [0.15, 0.2) is 77.7 Å². The molecule has 0 spiro atoms. The SMILES string of the molecule is CCN1C(=O)c2cc(NC(=O)CCS(=O)(=O)c3ccccc3)ccc2Oc2ccccc21. The van der Waals surface area contributed by atoms with E-state index in [1.54, 1.807) is 47.4 Å². The molecule has 0 saturated heterocycles. The Kier molecular flexibility index (Phi) is 5.96. The molecule has 0 aromatic heterocycles. The Morgan fingerprint density at radius 3 is 2.44 bits per heavy atom. The maximum Gasteiger partial charge on any atom is 0.262 e. The maximum absolute atomic E-state index is 13.1. The lowest BCUT2D eigenvalue weighted by molar-refractivity contribution is -0.115. The van der Waals surface area contributed by atoms with Crippen LogP contribution in [0.3, 0.4) is 0 Å². The number of hydrogen-bond acceptors (Lipinski definition) is 5. The minimum Gasteiger partial charge on any atom is -0.454 e. The number of amides is 2. The zero-order chi connectivity index (χ0) is 22.7. The number of para-hydroxylation sites is 2. The molecule has 3 aromatic carbocycles. The number of carbonyl (C=O) groups excluding carboxylic acids is 2. The molecule has 1 aliphatic heterocycles. The van der Waals surface area contributed by atoms with Crippen LogP contribution in [-0.2, 0) is 14.6 Å². The molecule has 1 N–H and O–H groups in total. The van der Waals surface area contributed by atoms with Crippen LogP contribution in [0.25, 0.3) is 0 Å². The number of hydrogen-bond donors (Lipinski definition) is 1. The van der Waals surface area contributed by atoms with Gasteiger partial charge in [-0.1, -0.05) is 30.3 Å². The topological polar surface area (TPSA) is 92.8 Å². The zero-order valence-corrected chi connectivity index (χ0v) is 18.3. The van der Waals surface area contributed by atoms with Crippen molar-refractivity contribution in [2.24, 2.45) is 0 Å². The Morgan fingerprint density at radius 2 is 1.69 bits per heavy atom. The Morgan fingerprint density at radius 1 is 0.969 bits per heavy atom. The van der Waals surface area contributed by atoms with Crippen LogP contribution in [0, 0.1) is 0 Å². The smallest absolute Gasteiger partial charge is 0.262 e. The first-order chi connectivity index (χ1) is 15.4. The van der Waals surface area contributed by atoms with Crippen molar-refractivity contribution in [2.45, 2.75) is 18.2 Å². The summed E-state index contributed by atoms with van der Waals surface area (Å²) < 4.78 is 30.7. The van der Waals surface area contributed by atoms with Gasteiger partial charge in [0.2, 0.25) is 5.91 Å². The molecule has 0 atom stereocenters. The number of rotatable bonds is 6. The summed E-state index contributed by atoms with van der Waals surface area (Å²) >= 11 is 0. The second kappa shape index (κ2) is 8.84. The fourth-order valence-electron chi connectivity index (χ4n) is 3.51. The third-order valence-electron chi connectivity index (χ3n) is 5.13. The van der Waals surface area contributed by atoms with Crippen molar-refractivity contribution in [1.82, 2.24) is 0 Å². The van der Waals surface area contributed by atoms with Gasteiger partial charge in [0.1, 0.15) is 5.75 Å². The number of ether oxygens (including phenoxy) is 1. The molecule has 2 amide bonds. The summed E-state index contributed by atoms with van der Waals surface area (Å²) in [5.41, 5.74) is 1.38. The maximum atomic E-state index is 13.1. The third kappa shape index (κ3) is 4.36. The Hall–Kier alpha value is -3.65. The molecule has 1 heterocycles. The van der Waals surface area contributed by atoms with E-state index < -0.39 is 15.7 Å². The average molecular weight is 451 g/mol. The summed E-state index contributed by atoms with van der Waals surface area (Å²) in [6.45, 7) is 2.32. The van der Waals surface area contributed by atoms with Crippen molar-refractivity contribution < 1.29 is 22.7 Å². The number of nitrogens with zero attached hydrogens (tertiary/aromatic N) is 1. The number of carbonyl (C=O) groups is 2. The van der Waals surface area contributed by atoms with Crippen molar-refractivity contribution in [3.05, 3.63) is 78.4 Å². The summed E-state index contributed by atoms with van der Waals surface area (Å²) in [6, 6.07) is 20.1. The number of sulfone groups is 1. The Labute approximate surface area is 186 Å². The summed E-state index contributed by atoms with van der Waals surface area (Å²) in [4.78, 5) is 27.3. The lowest BCUT2D eigenvalue weighted by Crippen LogP contribution is -2.29. The highest BCUT2D eigenvalue weighted by Crippen LogP contribution is 2.39. The van der Waals surface area contributed by atoms with Gasteiger partial charge in [-0.25, -0.2) is 8.42 Å². The second-order valence-electron chi connectivity index (χ2n) is 7.26. The third-order valence-corrected chi connectivity index (χ3v) is 6.86. The molecule has 164 valence electrons. The highest BCUT2D eigenvalue weighted by atomic mass is 32.2. The van der Waals surface area contributed by atoms with E-state index in [0.29, 0.717) is 35.0 Å². The van der Waals surface area contributed by atoms with Gasteiger partial charge in [0, 0.05) is 18.7 Å². The lowest BCUT2D eigenvalue weighted by atomic mass is 10.1. The molecule has 0 saturated carbocycles. The summed E-state index contributed by atoms with van der Waals surface area (Å²) in [5, 5.41) is 2.68. The second-order valence-corrected chi connectivity index (χ2v) is 9.37. The number of fused-ring (bicyclic) bond motifs is 2. The van der Waals surface area contributed by atoms with Gasteiger partial charge in [-0.05, 0) is 49.4 Å². The Balaban J connectivity index is 1.50. The predicted molar refractivity (Wildman–Crippen MR) is 122 cm³/mol. The fraction of sp³-hybridized carbons (Fsp3) is 0.167. The van der Waals surface area contributed by atoms with E-state index in [0.717, 1.165) is 0 Å². The van der Waals surface area contributed by atoms with Crippen molar-refractivity contribution in [3.8, 4) is 11.5 Å². The molecule has 0 unspecified atom stereocenters. The van der Waals surface area contributed by atoms with Crippen LogP contribution < -0.4 is 15.0 Å². The van der Waals surface area contributed by atoms with Gasteiger partial charge in [0.05, 0.1) is 21.9 Å². The standard InChI is InChI=1S/C24H22N2O5S/c1-2-26-20-10-6-7-11-22(20)31-21-13-12-17(16-19(21)24(26)28)25-23(27)14-15-32(29,30)18-8-4-3-5-9-18/h3-13,16H,2,14-15H2,1H3,(H,25,27). The highest BCUT2D eigenvalue weighted by Gasteiger charge is 2.27. The van der Waals surface area contributed by atoms with Crippen molar-refractivity contribution in [2.75, 3.05) is 22.5 Å². The van der Waals surface area contributed by atoms with Gasteiger partial charge in [-0.3, -0.25) is 9.59 Å². The van der Waals surface area contributed by atoms with E-state index >= 15 is 0 Å². The molecule has 0 fully saturated rings. The van der Waals surface area contributed by atoms with Gasteiger partial charge >= 0.3 is 0 Å². The minimum absolute atomic E-state index is 0.180. The molecule has 8 heteroatoms. The van der Waals surface area contributed by atoms with Crippen LogP contribution in [0.5, 0.6) is 11.5 Å². The summed E-state index contributed by atoms with van der Waals surface area (Å²) in [7, 11) is -3.56. The molecule has 0 aliphatic carbocycles. The molecule has 3 aromatic rings. The number of nitrogens with one attached hydrogen (secondary N) is 1. The first kappa shape index (κ1) is 21.6. The first-order valence-electron chi connectivity index (χ1n) is 10.2. The molecule has 7 nitrogen and oxygen atoms in total. The fourth-order valence-corrected chi connectivity index (χ4v) is 4.78. The summed E-state index contributed by atoms with van der Waals surface area (Å²) in [6.07, 6.45) is -0.203. The quantitative estimate of drug-likeness (QED) is 0.606. The largest absolute Gasteiger partial charge is 0.454 e. The number of anilines is 2. The van der Waals surface area contributed by atoms with E-state index in [-0.39, 0.29) is 23.0 Å². The van der Waals surface area contributed by atoms with E-state index in [9.17, 15) is 18.0 Å². The molecule has 0 radical (unpaired) electrons. The normalized spacial score (nSPS) is 12.9. The van der Waals surface area contributed by atoms with Gasteiger partial charge in [0.15, 0.2) is 15.6 Å². The summed E-state index contributed by atoms with van der Waals surface area (Å²) in [5.74, 6) is -0.0425. The average Bonchev–Trinajstić information content (AvgIpc) is 2.92. The van der Waals surface area contributed by atoms with E-state index in [1.165, 1.54) is 12.1 Å². The van der Waals surface area contributed by atoms with Crippen molar-refractivity contribution in [3.63, 3.8) is 0 Å². The highest BCUT2D eigenvalue weighted by molar-refractivity contribution is 7.91. The molecule has 0 bridgehead atoms.